The standard InChI is InChI=1S/C10H7F3N2.2C2H6/c1-5-7-2-6(11)3-8(10(12)13)9(7)15-4-14-5;2*1-2/h2-4,10H,1H3;2*1-2H3. The first kappa shape index (κ1) is 17.4. The summed E-state index contributed by atoms with van der Waals surface area (Å²) in [6.45, 7) is 9.62. The number of aromatic nitrogens is 2. The fourth-order valence-corrected chi connectivity index (χ4v) is 1.45. The van der Waals surface area contributed by atoms with Gasteiger partial charge in [-0.1, -0.05) is 27.7 Å². The molecule has 1 aromatic heterocycles. The van der Waals surface area contributed by atoms with E-state index in [0.717, 1.165) is 12.1 Å². The third-order valence-corrected chi connectivity index (χ3v) is 2.17. The second kappa shape index (κ2) is 8.45. The van der Waals surface area contributed by atoms with E-state index in [1.54, 1.807) is 6.92 Å². The number of alkyl halides is 2. The van der Waals surface area contributed by atoms with Crippen LogP contribution in [0.5, 0.6) is 0 Å². The van der Waals surface area contributed by atoms with E-state index in [9.17, 15) is 13.2 Å². The highest BCUT2D eigenvalue weighted by molar-refractivity contribution is 5.83. The van der Waals surface area contributed by atoms with Crippen LogP contribution in [0.4, 0.5) is 13.2 Å². The summed E-state index contributed by atoms with van der Waals surface area (Å²) in [4.78, 5) is 7.57. The Labute approximate surface area is 111 Å². The number of halogens is 3. The van der Waals surface area contributed by atoms with Crippen molar-refractivity contribution in [2.24, 2.45) is 0 Å². The fourth-order valence-electron chi connectivity index (χ4n) is 1.45. The summed E-state index contributed by atoms with van der Waals surface area (Å²) in [5.41, 5.74) is 0.204. The van der Waals surface area contributed by atoms with Gasteiger partial charge < -0.3 is 0 Å². The van der Waals surface area contributed by atoms with Crippen LogP contribution in [0.15, 0.2) is 18.5 Å². The lowest BCUT2D eigenvalue weighted by Crippen LogP contribution is -1.95. The molecule has 1 aromatic carbocycles. The summed E-state index contributed by atoms with van der Waals surface area (Å²) in [7, 11) is 0. The highest BCUT2D eigenvalue weighted by Crippen LogP contribution is 2.28. The molecule has 0 bridgehead atoms. The molecule has 0 aliphatic carbocycles. The molecule has 19 heavy (non-hydrogen) atoms. The summed E-state index contributed by atoms with van der Waals surface area (Å²) in [6.07, 6.45) is -1.54. The first-order valence-electron chi connectivity index (χ1n) is 6.28. The molecule has 0 N–H and O–H groups in total. The van der Waals surface area contributed by atoms with Gasteiger partial charge in [-0.2, -0.15) is 0 Å². The van der Waals surface area contributed by atoms with E-state index in [1.807, 2.05) is 27.7 Å². The van der Waals surface area contributed by atoms with Crippen molar-refractivity contribution in [2.75, 3.05) is 0 Å². The molecule has 106 valence electrons. The highest BCUT2D eigenvalue weighted by atomic mass is 19.3. The Hall–Kier alpha value is -1.65. The maximum absolute atomic E-state index is 13.0. The van der Waals surface area contributed by atoms with Crippen molar-refractivity contribution in [2.45, 2.75) is 41.0 Å². The Morgan fingerprint density at radius 3 is 2.11 bits per heavy atom. The monoisotopic (exact) mass is 272 g/mol. The van der Waals surface area contributed by atoms with Crippen LogP contribution >= 0.6 is 0 Å². The molecule has 0 fully saturated rings. The van der Waals surface area contributed by atoms with Crippen molar-refractivity contribution in [3.05, 3.63) is 35.5 Å². The summed E-state index contributed by atoms with van der Waals surface area (Å²) in [6, 6.07) is 1.97. The van der Waals surface area contributed by atoms with Gasteiger partial charge in [0.05, 0.1) is 5.52 Å². The Morgan fingerprint density at radius 1 is 1.00 bits per heavy atom. The van der Waals surface area contributed by atoms with E-state index in [-0.39, 0.29) is 5.52 Å². The summed E-state index contributed by atoms with van der Waals surface area (Å²) in [5, 5.41) is 0.327. The lowest BCUT2D eigenvalue weighted by molar-refractivity contribution is 0.152. The zero-order valence-corrected chi connectivity index (χ0v) is 11.8. The van der Waals surface area contributed by atoms with Crippen LogP contribution in [-0.4, -0.2) is 9.97 Å². The van der Waals surface area contributed by atoms with E-state index in [0.29, 0.717) is 11.1 Å². The Kier molecular flexibility index (Phi) is 7.72. The molecule has 0 saturated heterocycles. The average Bonchev–Trinajstić information content (AvgIpc) is 2.43. The van der Waals surface area contributed by atoms with E-state index in [4.69, 9.17) is 0 Å². The van der Waals surface area contributed by atoms with Crippen molar-refractivity contribution in [3.63, 3.8) is 0 Å². The summed E-state index contributed by atoms with van der Waals surface area (Å²) < 4.78 is 38.2. The molecular formula is C14H19F3N2. The third kappa shape index (κ3) is 4.19. The predicted molar refractivity (Wildman–Crippen MR) is 71.9 cm³/mol. The quantitative estimate of drug-likeness (QED) is 0.724. The first-order valence-corrected chi connectivity index (χ1v) is 6.28. The normalized spacial score (nSPS) is 9.53. The van der Waals surface area contributed by atoms with Crippen LogP contribution in [0.25, 0.3) is 10.9 Å². The minimum absolute atomic E-state index is 0.110. The van der Waals surface area contributed by atoms with Crippen molar-refractivity contribution in [1.82, 2.24) is 9.97 Å². The molecular weight excluding hydrogens is 253 g/mol. The lowest BCUT2D eigenvalue weighted by Gasteiger charge is -2.06. The van der Waals surface area contributed by atoms with Crippen LogP contribution in [0, 0.1) is 12.7 Å². The van der Waals surface area contributed by atoms with Crippen LogP contribution in [0.2, 0.25) is 0 Å². The van der Waals surface area contributed by atoms with Crippen molar-refractivity contribution in [3.8, 4) is 0 Å². The largest absolute Gasteiger partial charge is 0.266 e. The zero-order valence-electron chi connectivity index (χ0n) is 11.8. The van der Waals surface area contributed by atoms with Gasteiger partial charge in [0, 0.05) is 16.6 Å². The van der Waals surface area contributed by atoms with Crippen LogP contribution in [0.1, 0.15) is 45.4 Å². The van der Waals surface area contributed by atoms with Crippen molar-refractivity contribution < 1.29 is 13.2 Å². The van der Waals surface area contributed by atoms with E-state index in [2.05, 4.69) is 9.97 Å². The van der Waals surface area contributed by atoms with Crippen LogP contribution in [-0.2, 0) is 0 Å². The molecule has 2 rings (SSSR count). The van der Waals surface area contributed by atoms with Gasteiger partial charge in [0.15, 0.2) is 0 Å². The van der Waals surface area contributed by atoms with Gasteiger partial charge in [0.1, 0.15) is 12.1 Å². The molecule has 2 aromatic rings. The maximum Gasteiger partial charge on any atom is 0.266 e. The van der Waals surface area contributed by atoms with E-state index < -0.39 is 17.8 Å². The van der Waals surface area contributed by atoms with Gasteiger partial charge >= 0.3 is 0 Å². The minimum atomic E-state index is -2.74. The van der Waals surface area contributed by atoms with Crippen LogP contribution < -0.4 is 0 Å². The van der Waals surface area contributed by atoms with Crippen molar-refractivity contribution >= 4 is 10.9 Å². The molecule has 0 unspecified atom stereocenters. The molecule has 0 saturated carbocycles. The molecule has 0 aliphatic rings. The van der Waals surface area contributed by atoms with Gasteiger partial charge in [-0.3, -0.25) is 0 Å². The number of benzene rings is 1. The summed E-state index contributed by atoms with van der Waals surface area (Å²) in [5.74, 6) is -0.698. The number of hydrogen-bond donors (Lipinski definition) is 0. The molecule has 0 spiro atoms. The smallest absolute Gasteiger partial charge is 0.241 e. The topological polar surface area (TPSA) is 25.8 Å². The number of hydrogen-bond acceptors (Lipinski definition) is 2. The maximum atomic E-state index is 13.0. The van der Waals surface area contributed by atoms with Gasteiger partial charge in [0.2, 0.25) is 0 Å². The fraction of sp³-hybridized carbons (Fsp3) is 0.429. The molecule has 5 heteroatoms. The summed E-state index contributed by atoms with van der Waals surface area (Å²) >= 11 is 0. The third-order valence-electron chi connectivity index (χ3n) is 2.17. The van der Waals surface area contributed by atoms with Gasteiger partial charge in [-0.05, 0) is 19.1 Å². The van der Waals surface area contributed by atoms with E-state index >= 15 is 0 Å². The molecule has 0 amide bonds. The molecule has 2 nitrogen and oxygen atoms in total. The number of aryl methyl sites for hydroxylation is 1. The molecule has 1 heterocycles. The minimum Gasteiger partial charge on any atom is -0.241 e. The molecule has 0 aliphatic heterocycles. The SMILES string of the molecule is CC.CC.Cc1ncnc2c(C(F)F)cc(F)cc12. The molecule has 0 radical (unpaired) electrons. The van der Waals surface area contributed by atoms with Crippen LogP contribution in [0.3, 0.4) is 0 Å². The highest BCUT2D eigenvalue weighted by Gasteiger charge is 2.15. The van der Waals surface area contributed by atoms with Crippen molar-refractivity contribution in [1.29, 1.82) is 0 Å². The number of nitrogens with zero attached hydrogens (tertiary/aromatic N) is 2. The Balaban J connectivity index is 0.000000741. The van der Waals surface area contributed by atoms with E-state index in [1.165, 1.54) is 6.33 Å². The van der Waals surface area contributed by atoms with Gasteiger partial charge in [-0.25, -0.2) is 23.1 Å². The van der Waals surface area contributed by atoms with Gasteiger partial charge in [-0.15, -0.1) is 0 Å². The average molecular weight is 272 g/mol. The zero-order chi connectivity index (χ0) is 15.0. The lowest BCUT2D eigenvalue weighted by atomic mass is 10.1. The Bertz CT molecular complexity index is 513. The number of fused-ring (bicyclic) bond motifs is 1. The first-order chi connectivity index (χ1) is 9.09. The van der Waals surface area contributed by atoms with Gasteiger partial charge in [0.25, 0.3) is 6.43 Å². The molecule has 0 atom stereocenters. The second-order valence-corrected chi connectivity index (χ2v) is 3.15. The number of rotatable bonds is 1. The Morgan fingerprint density at radius 2 is 1.58 bits per heavy atom. The second-order valence-electron chi connectivity index (χ2n) is 3.15. The predicted octanol–water partition coefficient (Wildman–Crippen LogP) is 5.07.